The lowest BCUT2D eigenvalue weighted by molar-refractivity contribution is -0.138. The van der Waals surface area contributed by atoms with E-state index in [1.165, 1.54) is 28.8 Å². The molecular formula is C13H13FN2O2S. The van der Waals surface area contributed by atoms with Crippen LogP contribution in [0.15, 0.2) is 23.1 Å². The quantitative estimate of drug-likeness (QED) is 0.677. The summed E-state index contributed by atoms with van der Waals surface area (Å²) < 4.78 is 13.0. The van der Waals surface area contributed by atoms with Gasteiger partial charge in [0.05, 0.1) is 5.25 Å². The van der Waals surface area contributed by atoms with Crippen molar-refractivity contribution in [1.82, 2.24) is 4.90 Å². The highest BCUT2D eigenvalue weighted by atomic mass is 32.2. The molecule has 100 valence electrons. The third-order valence-electron chi connectivity index (χ3n) is 3.29. The molecule has 0 aromatic heterocycles. The molecule has 1 atom stereocenters. The van der Waals surface area contributed by atoms with Crippen LogP contribution < -0.4 is 5.73 Å². The number of nitrogens with zero attached hydrogens (tertiary/aromatic N) is 1. The van der Waals surface area contributed by atoms with Crippen LogP contribution in [0, 0.1) is 5.82 Å². The lowest BCUT2D eigenvalue weighted by Gasteiger charge is -2.13. The molecule has 3 rings (SSSR count). The number of imide groups is 1. The molecule has 0 bridgehead atoms. The summed E-state index contributed by atoms with van der Waals surface area (Å²) in [6.45, 7) is 0. The molecule has 2 aliphatic rings. The number of nitrogens with two attached hydrogens (primary N) is 1. The fraction of sp³-hybridized carbons (Fsp3) is 0.385. The van der Waals surface area contributed by atoms with Gasteiger partial charge in [0.25, 0.3) is 0 Å². The summed E-state index contributed by atoms with van der Waals surface area (Å²) in [7, 11) is 0. The fourth-order valence-electron chi connectivity index (χ4n) is 2.21. The molecular weight excluding hydrogens is 267 g/mol. The van der Waals surface area contributed by atoms with Crippen molar-refractivity contribution in [3.8, 4) is 0 Å². The van der Waals surface area contributed by atoms with Gasteiger partial charge < -0.3 is 5.73 Å². The Labute approximate surface area is 114 Å². The number of amides is 2. The lowest BCUT2D eigenvalue weighted by Crippen LogP contribution is -2.33. The van der Waals surface area contributed by atoms with E-state index in [9.17, 15) is 14.0 Å². The Morgan fingerprint density at radius 1 is 1.32 bits per heavy atom. The molecule has 1 saturated heterocycles. The molecule has 1 aromatic carbocycles. The molecule has 1 aliphatic heterocycles. The second-order valence-electron chi connectivity index (χ2n) is 4.83. The van der Waals surface area contributed by atoms with Gasteiger partial charge in [0.1, 0.15) is 5.82 Å². The zero-order valence-corrected chi connectivity index (χ0v) is 11.0. The van der Waals surface area contributed by atoms with Gasteiger partial charge in [-0.05, 0) is 31.0 Å². The van der Waals surface area contributed by atoms with Crippen LogP contribution in [0.2, 0.25) is 0 Å². The zero-order valence-electron chi connectivity index (χ0n) is 10.1. The minimum absolute atomic E-state index is 0.106. The molecule has 4 nitrogen and oxygen atoms in total. The number of thioether (sulfide) groups is 1. The Hall–Kier alpha value is -1.56. The third kappa shape index (κ3) is 2.32. The van der Waals surface area contributed by atoms with E-state index in [1.807, 2.05) is 0 Å². The number of anilines is 1. The van der Waals surface area contributed by atoms with Gasteiger partial charge in [0.2, 0.25) is 11.8 Å². The summed E-state index contributed by atoms with van der Waals surface area (Å²) in [5.74, 6) is -0.651. The standard InChI is InChI=1S/C13H13FN2O2S/c14-7-1-4-10(9(15)5-7)19-11-6-12(17)16(13(11)18)8-2-3-8/h1,4-5,8,11H,2-3,6,15H2. The first-order valence-electron chi connectivity index (χ1n) is 6.14. The molecule has 1 unspecified atom stereocenters. The van der Waals surface area contributed by atoms with Crippen LogP contribution >= 0.6 is 11.8 Å². The maximum Gasteiger partial charge on any atom is 0.243 e. The van der Waals surface area contributed by atoms with Crippen LogP contribution in [-0.2, 0) is 9.59 Å². The van der Waals surface area contributed by atoms with Crippen LogP contribution in [0.4, 0.5) is 10.1 Å². The van der Waals surface area contributed by atoms with Gasteiger partial charge in [-0.1, -0.05) is 0 Å². The molecule has 1 heterocycles. The van der Waals surface area contributed by atoms with Crippen LogP contribution in [0.25, 0.3) is 0 Å². The van der Waals surface area contributed by atoms with Crippen LogP contribution in [0.3, 0.4) is 0 Å². The predicted molar refractivity (Wildman–Crippen MR) is 69.9 cm³/mol. The second-order valence-corrected chi connectivity index (χ2v) is 6.07. The maximum atomic E-state index is 13.0. The van der Waals surface area contributed by atoms with Crippen molar-refractivity contribution >= 4 is 29.3 Å². The molecule has 2 N–H and O–H groups in total. The van der Waals surface area contributed by atoms with E-state index in [4.69, 9.17) is 5.73 Å². The average Bonchev–Trinajstić information content (AvgIpc) is 3.12. The molecule has 2 amide bonds. The number of carbonyl (C=O) groups excluding carboxylic acids is 2. The first-order valence-corrected chi connectivity index (χ1v) is 7.02. The van der Waals surface area contributed by atoms with E-state index >= 15 is 0 Å². The van der Waals surface area contributed by atoms with Crippen molar-refractivity contribution < 1.29 is 14.0 Å². The largest absolute Gasteiger partial charge is 0.398 e. The smallest absolute Gasteiger partial charge is 0.243 e. The van der Waals surface area contributed by atoms with E-state index in [0.717, 1.165) is 12.8 Å². The normalized spacial score (nSPS) is 23.2. The molecule has 1 aromatic rings. The molecule has 1 aliphatic carbocycles. The van der Waals surface area contributed by atoms with Crippen LogP contribution in [-0.4, -0.2) is 28.0 Å². The number of carbonyl (C=O) groups is 2. The third-order valence-corrected chi connectivity index (χ3v) is 4.57. The fourth-order valence-corrected chi connectivity index (χ4v) is 3.30. The number of hydrogen-bond donors (Lipinski definition) is 1. The van der Waals surface area contributed by atoms with Gasteiger partial charge in [-0.2, -0.15) is 0 Å². The Morgan fingerprint density at radius 2 is 2.05 bits per heavy atom. The van der Waals surface area contributed by atoms with E-state index in [2.05, 4.69) is 0 Å². The Balaban J connectivity index is 1.76. The number of nitrogen functional groups attached to an aromatic ring is 1. The zero-order chi connectivity index (χ0) is 13.6. The van der Waals surface area contributed by atoms with Gasteiger partial charge in [0, 0.05) is 23.0 Å². The number of benzene rings is 1. The van der Waals surface area contributed by atoms with Crippen molar-refractivity contribution in [3.63, 3.8) is 0 Å². The summed E-state index contributed by atoms with van der Waals surface area (Å²) in [5, 5.41) is -0.430. The van der Waals surface area contributed by atoms with Gasteiger partial charge in [0.15, 0.2) is 0 Å². The maximum absolute atomic E-state index is 13.0. The number of likely N-dealkylation sites (tertiary alicyclic amines) is 1. The predicted octanol–water partition coefficient (Wildman–Crippen LogP) is 1.79. The van der Waals surface area contributed by atoms with Gasteiger partial charge in [-0.15, -0.1) is 11.8 Å². The molecule has 19 heavy (non-hydrogen) atoms. The molecule has 1 saturated carbocycles. The first kappa shape index (κ1) is 12.5. The lowest BCUT2D eigenvalue weighted by atomic mass is 10.3. The Bertz CT molecular complexity index is 560. The van der Waals surface area contributed by atoms with Gasteiger partial charge in [-0.3, -0.25) is 14.5 Å². The monoisotopic (exact) mass is 280 g/mol. The summed E-state index contributed by atoms with van der Waals surface area (Å²) in [6.07, 6.45) is 2.03. The van der Waals surface area contributed by atoms with Crippen molar-refractivity contribution in [2.45, 2.75) is 35.4 Å². The average molecular weight is 280 g/mol. The van der Waals surface area contributed by atoms with E-state index < -0.39 is 11.1 Å². The summed E-state index contributed by atoms with van der Waals surface area (Å²) in [6, 6.07) is 4.18. The molecule has 6 heteroatoms. The van der Waals surface area contributed by atoms with Gasteiger partial charge >= 0.3 is 0 Å². The molecule has 0 radical (unpaired) electrons. The second kappa shape index (κ2) is 4.52. The van der Waals surface area contributed by atoms with E-state index in [-0.39, 0.29) is 24.3 Å². The molecule has 0 spiro atoms. The Kier molecular flexibility index (Phi) is 2.97. The summed E-state index contributed by atoms with van der Waals surface area (Å²) in [5.41, 5.74) is 6.02. The van der Waals surface area contributed by atoms with Crippen molar-refractivity contribution in [2.24, 2.45) is 0 Å². The minimum atomic E-state index is -0.430. The number of hydrogen-bond acceptors (Lipinski definition) is 4. The van der Waals surface area contributed by atoms with Gasteiger partial charge in [-0.25, -0.2) is 4.39 Å². The number of rotatable bonds is 3. The van der Waals surface area contributed by atoms with Crippen molar-refractivity contribution in [1.29, 1.82) is 0 Å². The highest BCUT2D eigenvalue weighted by Gasteiger charge is 2.46. The van der Waals surface area contributed by atoms with E-state index in [1.54, 1.807) is 6.07 Å². The number of halogens is 1. The van der Waals surface area contributed by atoms with E-state index in [0.29, 0.717) is 10.6 Å². The van der Waals surface area contributed by atoms with Crippen LogP contribution in [0.1, 0.15) is 19.3 Å². The SMILES string of the molecule is Nc1cc(F)ccc1SC1CC(=O)N(C2CC2)C1=O. The molecule has 2 fully saturated rings. The van der Waals surface area contributed by atoms with Crippen LogP contribution in [0.5, 0.6) is 0 Å². The highest BCUT2D eigenvalue weighted by Crippen LogP contribution is 2.39. The summed E-state index contributed by atoms with van der Waals surface area (Å²) >= 11 is 1.24. The Morgan fingerprint density at radius 3 is 2.68 bits per heavy atom. The van der Waals surface area contributed by atoms with Crippen molar-refractivity contribution in [3.05, 3.63) is 24.0 Å². The van der Waals surface area contributed by atoms with Crippen molar-refractivity contribution in [2.75, 3.05) is 5.73 Å². The topological polar surface area (TPSA) is 63.4 Å². The summed E-state index contributed by atoms with van der Waals surface area (Å²) in [4.78, 5) is 26.0. The highest BCUT2D eigenvalue weighted by molar-refractivity contribution is 8.00. The minimum Gasteiger partial charge on any atom is -0.398 e. The first-order chi connectivity index (χ1) is 9.06.